The van der Waals surface area contributed by atoms with Gasteiger partial charge in [-0.3, -0.25) is 4.79 Å². The highest BCUT2D eigenvalue weighted by Crippen LogP contribution is 2.22. The lowest BCUT2D eigenvalue weighted by Gasteiger charge is -2.28. The molecule has 0 aromatic carbocycles. The van der Waals surface area contributed by atoms with E-state index >= 15 is 0 Å². The normalized spacial score (nSPS) is 14.6. The summed E-state index contributed by atoms with van der Waals surface area (Å²) in [6.45, 7) is 12.3. The number of hydrogen-bond donors (Lipinski definition) is 3. The van der Waals surface area contributed by atoms with Crippen LogP contribution in [0.3, 0.4) is 0 Å². The van der Waals surface area contributed by atoms with Crippen LogP contribution in [0, 0.1) is 11.3 Å². The summed E-state index contributed by atoms with van der Waals surface area (Å²) >= 11 is 0. The van der Waals surface area contributed by atoms with Gasteiger partial charge in [-0.1, -0.05) is 47.5 Å². The van der Waals surface area contributed by atoms with E-state index in [-0.39, 0.29) is 30.0 Å². The van der Waals surface area contributed by atoms with Crippen molar-refractivity contribution in [1.82, 2.24) is 10.6 Å². The SMILES string of the molecule is CCC(CC)C(C)NC(=O)NC(CC(=O)O)CC(C)(C)C. The summed E-state index contributed by atoms with van der Waals surface area (Å²) in [7, 11) is 0. The molecule has 0 aromatic heterocycles. The number of hydrogen-bond acceptors (Lipinski definition) is 2. The first kappa shape index (κ1) is 19.7. The zero-order chi connectivity index (χ0) is 16.6. The molecule has 5 nitrogen and oxygen atoms in total. The van der Waals surface area contributed by atoms with Gasteiger partial charge in [-0.25, -0.2) is 4.79 Å². The third-order valence-electron chi connectivity index (χ3n) is 3.73. The molecule has 0 rings (SSSR count). The summed E-state index contributed by atoms with van der Waals surface area (Å²) < 4.78 is 0. The van der Waals surface area contributed by atoms with E-state index in [1.54, 1.807) is 0 Å². The first-order chi connectivity index (χ1) is 9.58. The standard InChI is InChI=1S/C16H32N2O3/c1-7-12(8-2)11(3)17-15(21)18-13(9-14(19)20)10-16(4,5)6/h11-13H,7-10H2,1-6H3,(H,19,20)(H2,17,18,21). The van der Waals surface area contributed by atoms with Gasteiger partial charge in [0.2, 0.25) is 0 Å². The van der Waals surface area contributed by atoms with Crippen molar-refractivity contribution in [2.24, 2.45) is 11.3 Å². The second-order valence-electron chi connectivity index (χ2n) is 7.04. The Kier molecular flexibility index (Phi) is 8.37. The molecule has 0 radical (unpaired) electrons. The molecule has 0 bridgehead atoms. The molecule has 0 heterocycles. The van der Waals surface area contributed by atoms with E-state index in [4.69, 9.17) is 5.11 Å². The number of carboxylic acid groups (broad SMARTS) is 1. The third-order valence-corrected chi connectivity index (χ3v) is 3.73. The van der Waals surface area contributed by atoms with Crippen LogP contribution in [0.25, 0.3) is 0 Å². The van der Waals surface area contributed by atoms with Crippen LogP contribution in [-0.4, -0.2) is 29.2 Å². The molecule has 0 fully saturated rings. The van der Waals surface area contributed by atoms with Gasteiger partial charge in [-0.05, 0) is 24.7 Å². The first-order valence-corrected chi connectivity index (χ1v) is 7.87. The number of carbonyl (C=O) groups is 2. The molecule has 3 N–H and O–H groups in total. The predicted octanol–water partition coefficient (Wildman–Crippen LogP) is 3.39. The van der Waals surface area contributed by atoms with Gasteiger partial charge < -0.3 is 15.7 Å². The highest BCUT2D eigenvalue weighted by atomic mass is 16.4. The maximum absolute atomic E-state index is 12.1. The van der Waals surface area contributed by atoms with E-state index in [0.717, 1.165) is 12.8 Å². The van der Waals surface area contributed by atoms with Gasteiger partial charge in [-0.2, -0.15) is 0 Å². The molecule has 124 valence electrons. The molecule has 5 heteroatoms. The number of aliphatic carboxylic acids is 1. The maximum Gasteiger partial charge on any atom is 0.315 e. The van der Waals surface area contributed by atoms with Crippen LogP contribution in [0.1, 0.15) is 67.2 Å². The fourth-order valence-corrected chi connectivity index (χ4v) is 2.67. The molecule has 0 aromatic rings. The number of carboxylic acids is 1. The molecule has 21 heavy (non-hydrogen) atoms. The van der Waals surface area contributed by atoms with Crippen molar-refractivity contribution in [1.29, 1.82) is 0 Å². The predicted molar refractivity (Wildman–Crippen MR) is 85.3 cm³/mol. The van der Waals surface area contributed by atoms with Gasteiger partial charge in [0.15, 0.2) is 0 Å². The number of carbonyl (C=O) groups excluding carboxylic acids is 1. The Labute approximate surface area is 128 Å². The topological polar surface area (TPSA) is 78.4 Å². The van der Waals surface area contributed by atoms with E-state index in [0.29, 0.717) is 12.3 Å². The van der Waals surface area contributed by atoms with Crippen molar-refractivity contribution >= 4 is 12.0 Å². The second-order valence-corrected chi connectivity index (χ2v) is 7.04. The lowest BCUT2D eigenvalue weighted by atomic mass is 9.87. The summed E-state index contributed by atoms with van der Waals surface area (Å²) in [5, 5.41) is 14.7. The van der Waals surface area contributed by atoms with Crippen molar-refractivity contribution in [3.63, 3.8) is 0 Å². The molecule has 2 amide bonds. The van der Waals surface area contributed by atoms with Gasteiger partial charge in [0.25, 0.3) is 0 Å². The molecule has 0 aliphatic carbocycles. The number of rotatable bonds is 8. The lowest BCUT2D eigenvalue weighted by molar-refractivity contribution is -0.137. The smallest absolute Gasteiger partial charge is 0.315 e. The Morgan fingerprint density at radius 2 is 1.62 bits per heavy atom. The molecule has 0 saturated carbocycles. The summed E-state index contributed by atoms with van der Waals surface area (Å²) in [5.74, 6) is -0.450. The van der Waals surface area contributed by atoms with Crippen LogP contribution in [0.15, 0.2) is 0 Å². The summed E-state index contributed by atoms with van der Waals surface area (Å²) in [6, 6.07) is -0.540. The minimum Gasteiger partial charge on any atom is -0.481 e. The Hall–Kier alpha value is -1.26. The molecular formula is C16H32N2O3. The second kappa shape index (κ2) is 8.90. The highest BCUT2D eigenvalue weighted by Gasteiger charge is 2.24. The summed E-state index contributed by atoms with van der Waals surface area (Å²) in [6.07, 6.45) is 2.60. The van der Waals surface area contributed by atoms with Crippen LogP contribution in [0.2, 0.25) is 0 Å². The maximum atomic E-state index is 12.1. The van der Waals surface area contributed by atoms with Gasteiger partial charge in [0.05, 0.1) is 6.42 Å². The van der Waals surface area contributed by atoms with Crippen LogP contribution < -0.4 is 10.6 Å². The number of nitrogens with one attached hydrogen (secondary N) is 2. The fourth-order valence-electron chi connectivity index (χ4n) is 2.67. The van der Waals surface area contributed by atoms with E-state index in [1.807, 2.05) is 27.7 Å². The molecule has 0 spiro atoms. The molecule has 0 saturated heterocycles. The summed E-state index contributed by atoms with van der Waals surface area (Å²) in [5.41, 5.74) is -0.0333. The van der Waals surface area contributed by atoms with E-state index in [2.05, 4.69) is 24.5 Å². The van der Waals surface area contributed by atoms with E-state index < -0.39 is 5.97 Å². The Bertz CT molecular complexity index is 333. The summed E-state index contributed by atoms with van der Waals surface area (Å²) in [4.78, 5) is 23.0. The van der Waals surface area contributed by atoms with Gasteiger partial charge in [-0.15, -0.1) is 0 Å². The average Bonchev–Trinajstić information content (AvgIpc) is 2.26. The van der Waals surface area contributed by atoms with E-state index in [9.17, 15) is 9.59 Å². The zero-order valence-corrected chi connectivity index (χ0v) is 14.3. The van der Waals surface area contributed by atoms with Crippen molar-refractivity contribution in [2.75, 3.05) is 0 Å². The van der Waals surface area contributed by atoms with Crippen molar-refractivity contribution in [3.05, 3.63) is 0 Å². The first-order valence-electron chi connectivity index (χ1n) is 7.87. The van der Waals surface area contributed by atoms with Crippen LogP contribution in [0.5, 0.6) is 0 Å². The monoisotopic (exact) mass is 300 g/mol. The van der Waals surface area contributed by atoms with Crippen LogP contribution >= 0.6 is 0 Å². The minimum atomic E-state index is -0.891. The van der Waals surface area contributed by atoms with Gasteiger partial charge in [0, 0.05) is 12.1 Å². The largest absolute Gasteiger partial charge is 0.481 e. The zero-order valence-electron chi connectivity index (χ0n) is 14.3. The molecule has 0 aliphatic rings. The molecular weight excluding hydrogens is 268 g/mol. The van der Waals surface area contributed by atoms with Crippen LogP contribution in [-0.2, 0) is 4.79 Å². The van der Waals surface area contributed by atoms with Gasteiger partial charge in [0.1, 0.15) is 0 Å². The third kappa shape index (κ3) is 9.32. The number of amides is 2. The molecule has 0 aliphatic heterocycles. The Balaban J connectivity index is 4.55. The minimum absolute atomic E-state index is 0.0333. The van der Waals surface area contributed by atoms with Crippen molar-refractivity contribution in [3.8, 4) is 0 Å². The molecule has 2 unspecified atom stereocenters. The van der Waals surface area contributed by atoms with Crippen LogP contribution in [0.4, 0.5) is 4.79 Å². The van der Waals surface area contributed by atoms with Crippen molar-refractivity contribution in [2.45, 2.75) is 79.3 Å². The molecule has 2 atom stereocenters. The Morgan fingerprint density at radius 3 is 2.00 bits per heavy atom. The number of urea groups is 1. The Morgan fingerprint density at radius 1 is 1.10 bits per heavy atom. The van der Waals surface area contributed by atoms with Crippen molar-refractivity contribution < 1.29 is 14.7 Å². The quantitative estimate of drug-likeness (QED) is 0.643. The average molecular weight is 300 g/mol. The van der Waals surface area contributed by atoms with Gasteiger partial charge >= 0.3 is 12.0 Å². The lowest BCUT2D eigenvalue weighted by Crippen LogP contribution is -2.48. The van der Waals surface area contributed by atoms with E-state index in [1.165, 1.54) is 0 Å². The highest BCUT2D eigenvalue weighted by molar-refractivity contribution is 5.76. The fraction of sp³-hybridized carbons (Fsp3) is 0.875.